The predicted octanol–water partition coefficient (Wildman–Crippen LogP) is 2.80. The summed E-state index contributed by atoms with van der Waals surface area (Å²) in [5.41, 5.74) is 0. The zero-order valence-electron chi connectivity index (χ0n) is 8.78. The SMILES string of the molecule is O=Cc1ccc(COCC2CCCC2)o1. The fraction of sp³-hybridized carbons (Fsp3) is 0.583. The summed E-state index contributed by atoms with van der Waals surface area (Å²) in [5, 5.41) is 0. The van der Waals surface area contributed by atoms with Gasteiger partial charge >= 0.3 is 0 Å². The standard InChI is InChI=1S/C12H16O3/c13-7-11-5-6-12(15-11)9-14-8-10-3-1-2-4-10/h5-7,10H,1-4,8-9H2. The van der Waals surface area contributed by atoms with Crippen LogP contribution in [0, 0.1) is 5.92 Å². The highest BCUT2D eigenvalue weighted by molar-refractivity contribution is 5.70. The van der Waals surface area contributed by atoms with E-state index in [4.69, 9.17) is 9.15 Å². The van der Waals surface area contributed by atoms with Crippen molar-refractivity contribution in [1.82, 2.24) is 0 Å². The lowest BCUT2D eigenvalue weighted by molar-refractivity contribution is 0.0761. The molecule has 0 unspecified atom stereocenters. The van der Waals surface area contributed by atoms with Crippen LogP contribution in [0.1, 0.15) is 42.0 Å². The predicted molar refractivity (Wildman–Crippen MR) is 55.7 cm³/mol. The van der Waals surface area contributed by atoms with E-state index < -0.39 is 0 Å². The van der Waals surface area contributed by atoms with Gasteiger partial charge < -0.3 is 9.15 Å². The van der Waals surface area contributed by atoms with Gasteiger partial charge in [0.1, 0.15) is 12.4 Å². The number of carbonyl (C=O) groups is 1. The van der Waals surface area contributed by atoms with Gasteiger partial charge in [-0.25, -0.2) is 0 Å². The van der Waals surface area contributed by atoms with E-state index in [1.54, 1.807) is 12.1 Å². The van der Waals surface area contributed by atoms with Crippen molar-refractivity contribution < 1.29 is 13.9 Å². The van der Waals surface area contributed by atoms with Crippen LogP contribution in [0.15, 0.2) is 16.5 Å². The molecule has 0 bridgehead atoms. The molecule has 0 amide bonds. The van der Waals surface area contributed by atoms with E-state index in [2.05, 4.69) is 0 Å². The molecular weight excluding hydrogens is 192 g/mol. The molecule has 1 aromatic heterocycles. The first-order valence-electron chi connectivity index (χ1n) is 5.50. The summed E-state index contributed by atoms with van der Waals surface area (Å²) in [7, 11) is 0. The molecule has 0 saturated heterocycles. The molecule has 0 atom stereocenters. The van der Waals surface area contributed by atoms with Gasteiger partial charge in [-0.15, -0.1) is 0 Å². The number of carbonyl (C=O) groups excluding carboxylic acids is 1. The summed E-state index contributed by atoms with van der Waals surface area (Å²) >= 11 is 0. The van der Waals surface area contributed by atoms with Crippen LogP contribution in [0.3, 0.4) is 0 Å². The molecule has 3 nitrogen and oxygen atoms in total. The van der Waals surface area contributed by atoms with Crippen molar-refractivity contribution in [2.24, 2.45) is 5.92 Å². The maximum absolute atomic E-state index is 10.4. The number of rotatable bonds is 5. The van der Waals surface area contributed by atoms with Crippen LogP contribution >= 0.6 is 0 Å². The highest BCUT2D eigenvalue weighted by atomic mass is 16.5. The Labute approximate surface area is 89.4 Å². The zero-order chi connectivity index (χ0) is 10.5. The van der Waals surface area contributed by atoms with Gasteiger partial charge in [0.05, 0.1) is 0 Å². The van der Waals surface area contributed by atoms with Crippen LogP contribution in [-0.4, -0.2) is 12.9 Å². The van der Waals surface area contributed by atoms with Crippen LogP contribution in [0.2, 0.25) is 0 Å². The Morgan fingerprint density at radius 1 is 1.40 bits per heavy atom. The Balaban J connectivity index is 1.70. The summed E-state index contributed by atoms with van der Waals surface area (Å²) in [6.07, 6.45) is 5.96. The van der Waals surface area contributed by atoms with Crippen LogP contribution in [0.25, 0.3) is 0 Å². The quantitative estimate of drug-likeness (QED) is 0.698. The lowest BCUT2D eigenvalue weighted by Crippen LogP contribution is -2.04. The highest BCUT2D eigenvalue weighted by Crippen LogP contribution is 2.25. The fourth-order valence-electron chi connectivity index (χ4n) is 2.04. The largest absolute Gasteiger partial charge is 0.456 e. The maximum atomic E-state index is 10.4. The van der Waals surface area contributed by atoms with Gasteiger partial charge in [0.15, 0.2) is 12.0 Å². The summed E-state index contributed by atoms with van der Waals surface area (Å²) in [6.45, 7) is 1.29. The van der Waals surface area contributed by atoms with Crippen LogP contribution < -0.4 is 0 Å². The normalized spacial score (nSPS) is 17.1. The first-order chi connectivity index (χ1) is 7.38. The second-order valence-corrected chi connectivity index (χ2v) is 4.09. The van der Waals surface area contributed by atoms with E-state index in [1.807, 2.05) is 0 Å². The third kappa shape index (κ3) is 2.93. The highest BCUT2D eigenvalue weighted by Gasteiger charge is 2.14. The van der Waals surface area contributed by atoms with Crippen LogP contribution in [0.4, 0.5) is 0 Å². The van der Waals surface area contributed by atoms with Gasteiger partial charge in [-0.3, -0.25) is 4.79 Å². The van der Waals surface area contributed by atoms with E-state index >= 15 is 0 Å². The molecular formula is C12H16O3. The van der Waals surface area contributed by atoms with Gasteiger partial charge in [0.2, 0.25) is 0 Å². The molecule has 0 aromatic carbocycles. The molecule has 0 radical (unpaired) electrons. The van der Waals surface area contributed by atoms with Crippen molar-refractivity contribution in [3.8, 4) is 0 Å². The van der Waals surface area contributed by atoms with E-state index in [9.17, 15) is 4.79 Å². The second-order valence-electron chi connectivity index (χ2n) is 4.09. The fourth-order valence-corrected chi connectivity index (χ4v) is 2.04. The smallest absolute Gasteiger partial charge is 0.185 e. The molecule has 3 heteroatoms. The van der Waals surface area contributed by atoms with Crippen molar-refractivity contribution in [3.05, 3.63) is 23.7 Å². The lowest BCUT2D eigenvalue weighted by Gasteiger charge is -2.08. The molecule has 1 fully saturated rings. The summed E-state index contributed by atoms with van der Waals surface area (Å²) < 4.78 is 10.8. The molecule has 82 valence electrons. The van der Waals surface area contributed by atoms with Gasteiger partial charge in [0, 0.05) is 6.61 Å². The molecule has 1 aromatic rings. The van der Waals surface area contributed by atoms with E-state index in [0.717, 1.165) is 18.3 Å². The summed E-state index contributed by atoms with van der Waals surface area (Å²) in [6, 6.07) is 3.46. The Morgan fingerprint density at radius 2 is 2.20 bits per heavy atom. The Kier molecular flexibility index (Phi) is 3.56. The third-order valence-corrected chi connectivity index (χ3v) is 2.87. The Hall–Kier alpha value is -1.09. The minimum absolute atomic E-state index is 0.370. The number of hydrogen-bond acceptors (Lipinski definition) is 3. The van der Waals surface area contributed by atoms with Gasteiger partial charge in [0.25, 0.3) is 0 Å². The topological polar surface area (TPSA) is 39.4 Å². The van der Waals surface area contributed by atoms with Gasteiger partial charge in [-0.2, -0.15) is 0 Å². The Bertz CT molecular complexity index is 310. The van der Waals surface area contributed by atoms with Crippen molar-refractivity contribution in [1.29, 1.82) is 0 Å². The summed E-state index contributed by atoms with van der Waals surface area (Å²) in [4.78, 5) is 10.4. The third-order valence-electron chi connectivity index (χ3n) is 2.87. The molecule has 2 rings (SSSR count). The number of furan rings is 1. The van der Waals surface area contributed by atoms with Gasteiger partial charge in [-0.1, -0.05) is 12.8 Å². The van der Waals surface area contributed by atoms with Crippen molar-refractivity contribution in [3.63, 3.8) is 0 Å². The average Bonchev–Trinajstić information content (AvgIpc) is 2.88. The van der Waals surface area contributed by atoms with Crippen molar-refractivity contribution in [2.45, 2.75) is 32.3 Å². The van der Waals surface area contributed by atoms with E-state index in [-0.39, 0.29) is 0 Å². The van der Waals surface area contributed by atoms with E-state index in [1.165, 1.54) is 25.7 Å². The van der Waals surface area contributed by atoms with Gasteiger partial charge in [-0.05, 0) is 30.9 Å². The molecule has 1 aliphatic carbocycles. The first-order valence-corrected chi connectivity index (χ1v) is 5.50. The van der Waals surface area contributed by atoms with Crippen LogP contribution in [0.5, 0.6) is 0 Å². The number of aldehydes is 1. The first kappa shape index (κ1) is 10.4. The molecule has 1 aliphatic rings. The molecule has 0 spiro atoms. The zero-order valence-corrected chi connectivity index (χ0v) is 8.78. The average molecular weight is 208 g/mol. The minimum atomic E-state index is 0.370. The molecule has 0 N–H and O–H groups in total. The minimum Gasteiger partial charge on any atom is -0.456 e. The molecule has 1 saturated carbocycles. The Morgan fingerprint density at radius 3 is 2.87 bits per heavy atom. The van der Waals surface area contributed by atoms with E-state index in [0.29, 0.717) is 18.7 Å². The monoisotopic (exact) mass is 208 g/mol. The second kappa shape index (κ2) is 5.12. The van der Waals surface area contributed by atoms with Crippen LogP contribution in [-0.2, 0) is 11.3 Å². The number of hydrogen-bond donors (Lipinski definition) is 0. The van der Waals surface area contributed by atoms with Crippen molar-refractivity contribution in [2.75, 3.05) is 6.61 Å². The molecule has 15 heavy (non-hydrogen) atoms. The lowest BCUT2D eigenvalue weighted by atomic mass is 10.1. The molecule has 1 heterocycles. The molecule has 0 aliphatic heterocycles. The number of ether oxygens (including phenoxy) is 1. The van der Waals surface area contributed by atoms with Crippen molar-refractivity contribution >= 4 is 6.29 Å². The summed E-state index contributed by atoms with van der Waals surface area (Å²) in [5.74, 6) is 1.83. The maximum Gasteiger partial charge on any atom is 0.185 e.